The van der Waals surface area contributed by atoms with Crippen molar-refractivity contribution in [1.82, 2.24) is 0 Å². The van der Waals surface area contributed by atoms with E-state index in [1.165, 1.54) is 6.92 Å². The Bertz CT molecular complexity index is 98.4. The van der Waals surface area contributed by atoms with Crippen LogP contribution in [0.15, 0.2) is 0 Å². The summed E-state index contributed by atoms with van der Waals surface area (Å²) in [5, 5.41) is 7.57. The maximum absolute atomic E-state index is 9.90. The Morgan fingerprint density at radius 2 is 2.29 bits per heavy atom. The number of rotatable bonds is 1. The zero-order valence-corrected chi connectivity index (χ0v) is 4.49. The summed E-state index contributed by atoms with van der Waals surface area (Å²) in [5.74, 6) is -0.866. The Balaban J connectivity index is 3.58. The number of hydrogen-bond acceptors (Lipinski definition) is 4. The lowest BCUT2D eigenvalue weighted by Gasteiger charge is -1.86. The third-order valence-corrected chi connectivity index (χ3v) is 0.537. The van der Waals surface area contributed by atoms with Gasteiger partial charge in [-0.15, -0.1) is 0 Å². The van der Waals surface area contributed by atoms with Gasteiger partial charge in [0.25, 0.3) is 0 Å². The summed E-state index contributed by atoms with van der Waals surface area (Å²) in [6, 6.07) is 0. The Labute approximate surface area is 45.8 Å². The highest BCUT2D eigenvalue weighted by Crippen LogP contribution is 1.76. The van der Waals surface area contributed by atoms with Crippen molar-refractivity contribution in [3.63, 3.8) is 0 Å². The van der Waals surface area contributed by atoms with Crippen LogP contribution in [0.25, 0.3) is 0 Å². The Kier molecular flexibility index (Phi) is 2.47. The first kappa shape index (κ1) is 6.52. The second-order valence-corrected chi connectivity index (χ2v) is 1.55. The fourth-order valence-corrected chi connectivity index (χ4v) is 0.102. The van der Waals surface area contributed by atoms with E-state index in [0.717, 1.165) is 0 Å². The minimum Gasteiger partial charge on any atom is -0.295 e. The quantitative estimate of drug-likeness (QED) is 0.309. The Hall–Kier alpha value is -0.480. The van der Waals surface area contributed by atoms with E-state index in [1.807, 2.05) is 0 Å². The molecule has 0 bridgehead atoms. The molecule has 0 saturated heterocycles. The average molecular weight is 120 g/mol. The van der Waals surface area contributed by atoms with Crippen molar-refractivity contribution in [2.24, 2.45) is 0 Å². The third kappa shape index (κ3) is 2.24. The van der Waals surface area contributed by atoms with Crippen molar-refractivity contribution in [3.05, 3.63) is 0 Å². The molecular weight excluding hydrogens is 116 g/mol. The first-order valence-electron chi connectivity index (χ1n) is 1.54. The molecule has 4 heteroatoms. The van der Waals surface area contributed by atoms with E-state index in [1.54, 1.807) is 0 Å². The second-order valence-electron chi connectivity index (χ2n) is 0.935. The molecule has 0 aliphatic rings. The number of carbonyl (C=O) groups is 1. The van der Waals surface area contributed by atoms with Crippen LogP contribution < -0.4 is 0 Å². The summed E-state index contributed by atoms with van der Waals surface area (Å²) in [6.07, 6.45) is 0. The maximum Gasteiger partial charge on any atom is 0.379 e. The number of thiocarbonyl (C=S) groups is 1. The van der Waals surface area contributed by atoms with Gasteiger partial charge in [-0.3, -0.25) is 4.89 Å². The molecule has 0 aliphatic heterocycles. The van der Waals surface area contributed by atoms with Gasteiger partial charge in [-0.05, 0) is 6.92 Å². The summed E-state index contributed by atoms with van der Waals surface area (Å²) >= 11 is 4.28. The van der Waals surface area contributed by atoms with Gasteiger partial charge in [-0.1, -0.05) is 12.2 Å². The fourth-order valence-electron chi connectivity index (χ4n) is 0.0643. The van der Waals surface area contributed by atoms with Crippen LogP contribution in [0.1, 0.15) is 6.92 Å². The first-order valence-corrected chi connectivity index (χ1v) is 1.95. The Morgan fingerprint density at radius 3 is 2.29 bits per heavy atom. The second kappa shape index (κ2) is 2.65. The summed E-state index contributed by atoms with van der Waals surface area (Å²) in [5.41, 5.74) is 0. The molecule has 0 aromatic rings. The van der Waals surface area contributed by atoms with Gasteiger partial charge in [0, 0.05) is 0 Å². The van der Waals surface area contributed by atoms with Gasteiger partial charge in [0.15, 0.2) is 0 Å². The molecule has 0 heterocycles. The van der Waals surface area contributed by atoms with E-state index in [-0.39, 0.29) is 4.86 Å². The lowest BCUT2D eigenvalue weighted by molar-refractivity contribution is -0.225. The molecule has 3 nitrogen and oxygen atoms in total. The molecule has 40 valence electrons. The highest BCUT2D eigenvalue weighted by molar-refractivity contribution is 7.82. The standard InChI is InChI=1S/C3H4O3S/c1-2(7)3(4)6-5/h5H,1H3. The topological polar surface area (TPSA) is 46.5 Å². The van der Waals surface area contributed by atoms with Crippen molar-refractivity contribution in [3.8, 4) is 0 Å². The monoisotopic (exact) mass is 120 g/mol. The van der Waals surface area contributed by atoms with E-state index in [9.17, 15) is 4.79 Å². The molecular formula is C3H4O3S. The molecule has 0 rings (SSSR count). The highest BCUT2D eigenvalue weighted by atomic mass is 32.1. The van der Waals surface area contributed by atoms with Crippen LogP contribution >= 0.6 is 12.2 Å². The maximum atomic E-state index is 9.90. The predicted octanol–water partition coefficient (Wildman–Crippen LogP) is 0.392. The summed E-state index contributed by atoms with van der Waals surface area (Å²) in [7, 11) is 0. The molecule has 0 aromatic carbocycles. The third-order valence-electron chi connectivity index (χ3n) is 0.370. The van der Waals surface area contributed by atoms with Crippen molar-refractivity contribution in [2.75, 3.05) is 0 Å². The highest BCUT2D eigenvalue weighted by Gasteiger charge is 2.00. The lowest BCUT2D eigenvalue weighted by Crippen LogP contribution is -2.08. The van der Waals surface area contributed by atoms with Gasteiger partial charge in [0.2, 0.25) is 0 Å². The normalized spacial score (nSPS) is 7.71. The van der Waals surface area contributed by atoms with Crippen molar-refractivity contribution in [1.29, 1.82) is 0 Å². The van der Waals surface area contributed by atoms with Gasteiger partial charge in [0.1, 0.15) is 4.86 Å². The largest absolute Gasteiger partial charge is 0.379 e. The van der Waals surface area contributed by atoms with E-state index in [4.69, 9.17) is 5.26 Å². The van der Waals surface area contributed by atoms with Crippen molar-refractivity contribution >= 4 is 23.1 Å². The minimum atomic E-state index is -0.866. The van der Waals surface area contributed by atoms with E-state index >= 15 is 0 Å². The van der Waals surface area contributed by atoms with Gasteiger partial charge in [0.05, 0.1) is 0 Å². The van der Waals surface area contributed by atoms with Crippen LogP contribution in [0, 0.1) is 0 Å². The molecule has 0 atom stereocenters. The lowest BCUT2D eigenvalue weighted by atomic mass is 10.5. The SMILES string of the molecule is CC(=S)C(=O)OO. The zero-order valence-electron chi connectivity index (χ0n) is 3.67. The van der Waals surface area contributed by atoms with E-state index < -0.39 is 5.97 Å². The minimum absolute atomic E-state index is 0.0162. The number of carbonyl (C=O) groups excluding carboxylic acids is 1. The Morgan fingerprint density at radius 1 is 1.86 bits per heavy atom. The molecule has 0 unspecified atom stereocenters. The summed E-state index contributed by atoms with van der Waals surface area (Å²) in [4.78, 5) is 13.1. The van der Waals surface area contributed by atoms with Gasteiger partial charge >= 0.3 is 5.97 Å². The van der Waals surface area contributed by atoms with Gasteiger partial charge in [-0.25, -0.2) is 4.79 Å². The van der Waals surface area contributed by atoms with Crippen molar-refractivity contribution < 1.29 is 14.9 Å². The van der Waals surface area contributed by atoms with Crippen LogP contribution in [0.5, 0.6) is 0 Å². The molecule has 0 saturated carbocycles. The average Bonchev–Trinajstić information content (AvgIpc) is 1.65. The van der Waals surface area contributed by atoms with Crippen LogP contribution in [0.3, 0.4) is 0 Å². The van der Waals surface area contributed by atoms with Crippen LogP contribution in [-0.4, -0.2) is 16.1 Å². The zero-order chi connectivity index (χ0) is 5.86. The van der Waals surface area contributed by atoms with E-state index in [0.29, 0.717) is 0 Å². The van der Waals surface area contributed by atoms with Crippen molar-refractivity contribution in [2.45, 2.75) is 6.92 Å². The molecule has 1 N–H and O–H groups in total. The van der Waals surface area contributed by atoms with Gasteiger partial charge < -0.3 is 0 Å². The molecule has 0 radical (unpaired) electrons. The van der Waals surface area contributed by atoms with Crippen LogP contribution in [-0.2, 0) is 9.68 Å². The molecule has 0 aliphatic carbocycles. The number of hydrogen-bond donors (Lipinski definition) is 1. The van der Waals surface area contributed by atoms with Gasteiger partial charge in [-0.2, -0.15) is 5.26 Å². The molecule has 0 aromatic heterocycles. The van der Waals surface area contributed by atoms with Crippen LogP contribution in [0.2, 0.25) is 0 Å². The molecule has 0 amide bonds. The predicted molar refractivity (Wildman–Crippen MR) is 27.0 cm³/mol. The fraction of sp³-hybridized carbons (Fsp3) is 0.333. The molecule has 0 fully saturated rings. The summed E-state index contributed by atoms with van der Waals surface area (Å²) in [6.45, 7) is 1.37. The molecule has 0 spiro atoms. The smallest absolute Gasteiger partial charge is 0.295 e. The van der Waals surface area contributed by atoms with Crippen LogP contribution in [0.4, 0.5) is 0 Å². The first-order chi connectivity index (χ1) is 3.18. The summed E-state index contributed by atoms with van der Waals surface area (Å²) < 4.78 is 0. The van der Waals surface area contributed by atoms with E-state index in [2.05, 4.69) is 17.1 Å². The molecule has 7 heavy (non-hydrogen) atoms.